The van der Waals surface area contributed by atoms with Gasteiger partial charge in [0.15, 0.2) is 11.5 Å². The van der Waals surface area contributed by atoms with Crippen LogP contribution in [0.2, 0.25) is 5.02 Å². The second-order valence-electron chi connectivity index (χ2n) is 6.85. The molecule has 150 valence electrons. The molecule has 0 unspecified atom stereocenters. The van der Waals surface area contributed by atoms with E-state index in [2.05, 4.69) is 5.16 Å². The van der Waals surface area contributed by atoms with Crippen LogP contribution in [0, 0.1) is 6.92 Å². The summed E-state index contributed by atoms with van der Waals surface area (Å²) in [7, 11) is 0. The minimum Gasteiger partial charge on any atom is -0.489 e. The molecular weight excluding hydrogens is 402 g/mol. The molecule has 0 saturated heterocycles. The number of aromatic nitrogens is 1. The molecule has 3 aromatic carbocycles. The van der Waals surface area contributed by atoms with Crippen LogP contribution in [0.1, 0.15) is 21.6 Å². The van der Waals surface area contributed by atoms with E-state index in [1.165, 1.54) is 5.56 Å². The Labute approximate surface area is 178 Å². The van der Waals surface area contributed by atoms with Gasteiger partial charge in [-0.1, -0.05) is 58.7 Å². The number of rotatable bonds is 6. The molecule has 1 N–H and O–H groups in total. The Morgan fingerprint density at radius 2 is 1.60 bits per heavy atom. The number of carboxylic acid groups (broad SMARTS) is 1. The van der Waals surface area contributed by atoms with Gasteiger partial charge in [-0.25, -0.2) is 4.79 Å². The Balaban J connectivity index is 1.60. The van der Waals surface area contributed by atoms with Crippen LogP contribution in [0.3, 0.4) is 0 Å². The summed E-state index contributed by atoms with van der Waals surface area (Å²) in [5, 5.41) is 13.8. The van der Waals surface area contributed by atoms with Gasteiger partial charge in [-0.15, -0.1) is 0 Å². The molecule has 1 aromatic heterocycles. The van der Waals surface area contributed by atoms with E-state index in [9.17, 15) is 9.90 Å². The van der Waals surface area contributed by atoms with Crippen molar-refractivity contribution in [2.24, 2.45) is 0 Å². The minimum absolute atomic E-state index is 0.146. The number of carbonyl (C=O) groups is 1. The fourth-order valence-electron chi connectivity index (χ4n) is 3.07. The summed E-state index contributed by atoms with van der Waals surface area (Å²) in [5.41, 5.74) is 3.90. The number of aromatic carboxylic acids is 1. The Bertz CT molecular complexity index is 1160. The molecule has 1 heterocycles. The van der Waals surface area contributed by atoms with Crippen LogP contribution in [0.4, 0.5) is 0 Å². The van der Waals surface area contributed by atoms with Crippen molar-refractivity contribution >= 4 is 17.6 Å². The Hall–Kier alpha value is -3.57. The third-order valence-electron chi connectivity index (χ3n) is 4.67. The van der Waals surface area contributed by atoms with Crippen LogP contribution in [0.5, 0.6) is 5.75 Å². The van der Waals surface area contributed by atoms with Gasteiger partial charge >= 0.3 is 5.97 Å². The predicted octanol–water partition coefficient (Wildman–Crippen LogP) is 6.25. The van der Waals surface area contributed by atoms with E-state index in [1.54, 1.807) is 24.3 Å². The van der Waals surface area contributed by atoms with Gasteiger partial charge in [0.2, 0.25) is 0 Å². The second-order valence-corrected chi connectivity index (χ2v) is 7.28. The molecule has 4 rings (SSSR count). The van der Waals surface area contributed by atoms with Gasteiger partial charge in [0.05, 0.1) is 5.56 Å². The maximum Gasteiger partial charge on any atom is 0.358 e. The highest BCUT2D eigenvalue weighted by atomic mass is 35.5. The maximum atomic E-state index is 11.6. The van der Waals surface area contributed by atoms with Crippen LogP contribution >= 0.6 is 11.6 Å². The molecule has 5 nitrogen and oxygen atoms in total. The molecule has 0 radical (unpaired) electrons. The van der Waals surface area contributed by atoms with Gasteiger partial charge in [-0.3, -0.25) is 0 Å². The van der Waals surface area contributed by atoms with Gasteiger partial charge < -0.3 is 14.4 Å². The van der Waals surface area contributed by atoms with Crippen molar-refractivity contribution in [1.29, 1.82) is 0 Å². The highest BCUT2D eigenvalue weighted by Gasteiger charge is 2.24. The summed E-state index contributed by atoms with van der Waals surface area (Å²) in [6.07, 6.45) is 0. The molecule has 0 saturated carbocycles. The average molecular weight is 420 g/mol. The largest absolute Gasteiger partial charge is 0.489 e. The first kappa shape index (κ1) is 19.7. The predicted molar refractivity (Wildman–Crippen MR) is 115 cm³/mol. The zero-order valence-electron chi connectivity index (χ0n) is 16.1. The van der Waals surface area contributed by atoms with E-state index in [0.29, 0.717) is 39.8 Å². The molecule has 4 aromatic rings. The molecule has 0 aliphatic carbocycles. The summed E-state index contributed by atoms with van der Waals surface area (Å²) in [5.74, 6) is -0.0850. The summed E-state index contributed by atoms with van der Waals surface area (Å²) in [4.78, 5) is 11.6. The molecule has 0 spiro atoms. The van der Waals surface area contributed by atoms with E-state index in [4.69, 9.17) is 20.9 Å². The lowest BCUT2D eigenvalue weighted by molar-refractivity contribution is 0.0686. The van der Waals surface area contributed by atoms with Crippen molar-refractivity contribution in [3.63, 3.8) is 0 Å². The van der Waals surface area contributed by atoms with Crippen LogP contribution in [0.15, 0.2) is 77.3 Å². The molecule has 0 aliphatic heterocycles. The van der Waals surface area contributed by atoms with Crippen molar-refractivity contribution in [3.05, 3.63) is 94.6 Å². The number of hydrogen-bond acceptors (Lipinski definition) is 4. The molecular formula is C24H18ClNO4. The lowest BCUT2D eigenvalue weighted by Crippen LogP contribution is -1.99. The first-order chi connectivity index (χ1) is 14.5. The zero-order valence-corrected chi connectivity index (χ0v) is 16.9. The van der Waals surface area contributed by atoms with Crippen LogP contribution in [-0.2, 0) is 6.61 Å². The van der Waals surface area contributed by atoms with E-state index < -0.39 is 5.97 Å². The summed E-state index contributed by atoms with van der Waals surface area (Å²) in [6, 6.07) is 22.3. The number of hydrogen-bond donors (Lipinski definition) is 1. The quantitative estimate of drug-likeness (QED) is 0.400. The third-order valence-corrected chi connectivity index (χ3v) is 4.92. The first-order valence-electron chi connectivity index (χ1n) is 9.29. The zero-order chi connectivity index (χ0) is 21.1. The maximum absolute atomic E-state index is 11.6. The number of benzene rings is 3. The second kappa shape index (κ2) is 8.43. The number of ether oxygens (including phenoxy) is 1. The number of halogens is 1. The topological polar surface area (TPSA) is 72.6 Å². The fraction of sp³-hybridized carbons (Fsp3) is 0.0833. The minimum atomic E-state index is -1.16. The van der Waals surface area contributed by atoms with Crippen molar-refractivity contribution in [3.8, 4) is 28.2 Å². The van der Waals surface area contributed by atoms with Crippen molar-refractivity contribution in [1.82, 2.24) is 5.16 Å². The first-order valence-corrected chi connectivity index (χ1v) is 9.67. The summed E-state index contributed by atoms with van der Waals surface area (Å²) < 4.78 is 11.2. The van der Waals surface area contributed by atoms with Crippen molar-refractivity contribution in [2.45, 2.75) is 13.5 Å². The Morgan fingerprint density at radius 1 is 0.967 bits per heavy atom. The molecule has 0 bridgehead atoms. The van der Waals surface area contributed by atoms with Gasteiger partial charge in [-0.05, 0) is 54.4 Å². The number of nitrogens with zero attached hydrogens (tertiary/aromatic N) is 1. The van der Waals surface area contributed by atoms with Crippen molar-refractivity contribution < 1.29 is 19.2 Å². The fourth-order valence-corrected chi connectivity index (χ4v) is 3.20. The Kier molecular flexibility index (Phi) is 5.55. The normalized spacial score (nSPS) is 10.7. The smallest absolute Gasteiger partial charge is 0.358 e. The summed E-state index contributed by atoms with van der Waals surface area (Å²) in [6.45, 7) is 2.50. The Morgan fingerprint density at radius 3 is 2.23 bits per heavy atom. The highest BCUT2D eigenvalue weighted by molar-refractivity contribution is 6.30. The lowest BCUT2D eigenvalue weighted by Gasteiger charge is -2.08. The van der Waals surface area contributed by atoms with Crippen molar-refractivity contribution in [2.75, 3.05) is 0 Å². The van der Waals surface area contributed by atoms with E-state index in [0.717, 1.165) is 5.56 Å². The van der Waals surface area contributed by atoms with E-state index in [1.807, 2.05) is 55.5 Å². The van der Waals surface area contributed by atoms with E-state index >= 15 is 0 Å². The lowest BCUT2D eigenvalue weighted by atomic mass is 9.99. The van der Waals surface area contributed by atoms with Gasteiger partial charge in [0, 0.05) is 10.6 Å². The van der Waals surface area contributed by atoms with Crippen LogP contribution in [-0.4, -0.2) is 16.2 Å². The molecule has 0 fully saturated rings. The van der Waals surface area contributed by atoms with Gasteiger partial charge in [0.25, 0.3) is 0 Å². The van der Waals surface area contributed by atoms with E-state index in [-0.39, 0.29) is 5.69 Å². The number of carboxylic acids is 1. The highest BCUT2D eigenvalue weighted by Crippen LogP contribution is 2.36. The number of aryl methyl sites for hydroxylation is 1. The molecule has 6 heteroatoms. The monoisotopic (exact) mass is 419 g/mol. The SMILES string of the molecule is Cc1ccc(COc2ccc(-c3onc(C(=O)O)c3-c3ccc(Cl)cc3)cc2)cc1. The molecule has 0 aliphatic rings. The van der Waals surface area contributed by atoms with Crippen LogP contribution < -0.4 is 4.74 Å². The third kappa shape index (κ3) is 4.21. The van der Waals surface area contributed by atoms with Gasteiger partial charge in [0.1, 0.15) is 12.4 Å². The molecule has 30 heavy (non-hydrogen) atoms. The summed E-state index contributed by atoms with van der Waals surface area (Å²) >= 11 is 5.96. The molecule has 0 atom stereocenters. The van der Waals surface area contributed by atoms with Gasteiger partial charge in [-0.2, -0.15) is 0 Å². The molecule has 0 amide bonds. The standard InChI is InChI=1S/C24H18ClNO4/c1-15-2-4-16(5-3-15)14-29-20-12-8-18(9-13-20)23-21(22(24(27)28)26-30-23)17-6-10-19(25)11-7-17/h2-13H,14H2,1H3,(H,27,28). The average Bonchev–Trinajstić information content (AvgIpc) is 3.20. The van der Waals surface area contributed by atoms with Crippen LogP contribution in [0.25, 0.3) is 22.5 Å².